The lowest BCUT2D eigenvalue weighted by Crippen LogP contribution is -2.43. The maximum atomic E-state index is 13.3. The van der Waals surface area contributed by atoms with Gasteiger partial charge in [-0.2, -0.15) is 0 Å². The number of carbonyl (C=O) groups excluding carboxylic acids is 3. The Hall–Kier alpha value is -4.95. The van der Waals surface area contributed by atoms with Crippen molar-refractivity contribution in [2.75, 3.05) is 26.7 Å². The third-order valence-corrected chi connectivity index (χ3v) is 8.36. The average molecular weight is 619 g/mol. The number of piperidine rings is 1. The van der Waals surface area contributed by atoms with Gasteiger partial charge in [-0.1, -0.05) is 84.9 Å². The number of hydrogen-bond acceptors (Lipinski definition) is 5. The molecule has 1 aliphatic rings. The first kappa shape index (κ1) is 32.4. The second kappa shape index (κ2) is 15.9. The summed E-state index contributed by atoms with van der Waals surface area (Å²) < 4.78 is 6.14. The molecule has 1 unspecified atom stereocenters. The molecule has 8 nitrogen and oxygen atoms in total. The molecule has 5 rings (SSSR count). The summed E-state index contributed by atoms with van der Waals surface area (Å²) in [5.74, 6) is 0.369. The summed E-state index contributed by atoms with van der Waals surface area (Å²) >= 11 is 0. The van der Waals surface area contributed by atoms with E-state index < -0.39 is 6.04 Å². The number of likely N-dealkylation sites (tertiary alicyclic amines) is 1. The lowest BCUT2D eigenvalue weighted by atomic mass is 9.89. The fraction of sp³-hybridized carbons (Fsp3) is 0.289. The Labute approximate surface area is 271 Å². The number of benzene rings is 4. The van der Waals surface area contributed by atoms with Crippen LogP contribution in [-0.4, -0.2) is 49.3 Å². The lowest BCUT2D eigenvalue weighted by Gasteiger charge is -2.33. The van der Waals surface area contributed by atoms with Crippen LogP contribution in [0.15, 0.2) is 103 Å². The molecule has 3 amide bonds. The van der Waals surface area contributed by atoms with Crippen LogP contribution in [0.1, 0.15) is 63.0 Å². The molecule has 2 atom stereocenters. The maximum absolute atomic E-state index is 13.3. The van der Waals surface area contributed by atoms with Crippen LogP contribution in [0.5, 0.6) is 5.75 Å². The number of nitrogens with zero attached hydrogens (tertiary/aromatic N) is 1. The van der Waals surface area contributed by atoms with Crippen molar-refractivity contribution in [3.63, 3.8) is 0 Å². The summed E-state index contributed by atoms with van der Waals surface area (Å²) in [5, 5.41) is 8.85. The van der Waals surface area contributed by atoms with Crippen molar-refractivity contribution in [1.82, 2.24) is 20.9 Å². The van der Waals surface area contributed by atoms with Crippen LogP contribution in [0.2, 0.25) is 0 Å². The molecule has 0 radical (unpaired) electrons. The first-order valence-corrected chi connectivity index (χ1v) is 15.8. The smallest absolute Gasteiger partial charge is 0.252 e. The zero-order valence-corrected chi connectivity index (χ0v) is 26.5. The van der Waals surface area contributed by atoms with Crippen molar-refractivity contribution in [3.8, 4) is 5.75 Å². The fourth-order valence-electron chi connectivity index (χ4n) is 5.81. The second-order valence-electron chi connectivity index (χ2n) is 11.7. The number of likely N-dealkylation sites (N-methyl/N-ethyl adjacent to an activating group) is 1. The maximum Gasteiger partial charge on any atom is 0.252 e. The Bertz CT molecular complexity index is 1630. The van der Waals surface area contributed by atoms with Gasteiger partial charge in [-0.3, -0.25) is 14.4 Å². The molecule has 0 saturated carbocycles. The van der Waals surface area contributed by atoms with Crippen LogP contribution in [0, 0.1) is 6.92 Å². The molecule has 3 N–H and O–H groups in total. The average Bonchev–Trinajstić information content (AvgIpc) is 3.11. The van der Waals surface area contributed by atoms with Gasteiger partial charge in [-0.25, -0.2) is 0 Å². The number of ether oxygens (including phenoxy) is 1. The number of aryl methyl sites for hydroxylation is 1. The van der Waals surface area contributed by atoms with E-state index >= 15 is 0 Å². The summed E-state index contributed by atoms with van der Waals surface area (Å²) in [5.41, 5.74) is 5.42. The Morgan fingerprint density at radius 3 is 2.43 bits per heavy atom. The molecule has 8 heteroatoms. The topological polar surface area (TPSA) is 99.8 Å². The normalized spacial score (nSPS) is 15.1. The van der Waals surface area contributed by atoms with Crippen molar-refractivity contribution < 1.29 is 19.1 Å². The van der Waals surface area contributed by atoms with E-state index in [4.69, 9.17) is 4.74 Å². The predicted octanol–water partition coefficient (Wildman–Crippen LogP) is 5.29. The van der Waals surface area contributed by atoms with Crippen LogP contribution in [-0.2, 0) is 22.7 Å². The number of nitrogens with one attached hydrogen (secondary N) is 3. The minimum absolute atomic E-state index is 0.0498. The van der Waals surface area contributed by atoms with Crippen LogP contribution in [0.3, 0.4) is 0 Å². The largest absolute Gasteiger partial charge is 0.489 e. The number of amides is 3. The monoisotopic (exact) mass is 618 g/mol. The lowest BCUT2D eigenvalue weighted by molar-refractivity contribution is -0.131. The third kappa shape index (κ3) is 8.61. The highest BCUT2D eigenvalue weighted by Gasteiger charge is 2.26. The zero-order chi connectivity index (χ0) is 32.3. The quantitative estimate of drug-likeness (QED) is 0.201. The molecular weight excluding hydrogens is 576 g/mol. The molecule has 1 fully saturated rings. The zero-order valence-electron chi connectivity index (χ0n) is 26.5. The fourth-order valence-corrected chi connectivity index (χ4v) is 5.81. The minimum atomic E-state index is -0.802. The molecule has 46 heavy (non-hydrogen) atoms. The van der Waals surface area contributed by atoms with Gasteiger partial charge >= 0.3 is 0 Å². The molecule has 238 valence electrons. The van der Waals surface area contributed by atoms with Crippen molar-refractivity contribution in [2.45, 2.75) is 44.9 Å². The van der Waals surface area contributed by atoms with Gasteiger partial charge in [-0.15, -0.1) is 0 Å². The molecule has 1 heterocycles. The molecule has 0 bridgehead atoms. The SMILES string of the molecule is CNC(=O)[C@@H](NC(=O)c1cccc(C2CCCN(C(=O)CNCc3ccc(C)cc3OCc3ccccc3)C2)c1)c1ccccc1. The molecule has 4 aromatic rings. The Balaban J connectivity index is 1.17. The van der Waals surface area contributed by atoms with Crippen molar-refractivity contribution in [3.05, 3.63) is 137 Å². The van der Waals surface area contributed by atoms with Crippen LogP contribution in [0.4, 0.5) is 0 Å². The van der Waals surface area contributed by atoms with Gasteiger partial charge in [0.15, 0.2) is 0 Å². The van der Waals surface area contributed by atoms with Crippen LogP contribution in [0.25, 0.3) is 0 Å². The summed E-state index contributed by atoms with van der Waals surface area (Å²) in [6.45, 7) is 4.56. The van der Waals surface area contributed by atoms with Crippen molar-refractivity contribution in [2.24, 2.45) is 0 Å². The highest BCUT2D eigenvalue weighted by molar-refractivity contribution is 5.98. The summed E-state index contributed by atoms with van der Waals surface area (Å²) in [6, 6.07) is 32.1. The Kier molecular flexibility index (Phi) is 11.2. The van der Waals surface area contributed by atoms with Gasteiger partial charge in [0.1, 0.15) is 18.4 Å². The molecular formula is C38H42N4O4. The van der Waals surface area contributed by atoms with E-state index in [1.54, 1.807) is 13.1 Å². The van der Waals surface area contributed by atoms with Gasteiger partial charge in [0, 0.05) is 43.7 Å². The third-order valence-electron chi connectivity index (χ3n) is 8.36. The van der Waals surface area contributed by atoms with Gasteiger partial charge in [0.05, 0.1) is 6.54 Å². The minimum Gasteiger partial charge on any atom is -0.489 e. The number of hydrogen-bond donors (Lipinski definition) is 3. The molecule has 4 aromatic carbocycles. The van der Waals surface area contributed by atoms with Crippen LogP contribution >= 0.6 is 0 Å². The van der Waals surface area contributed by atoms with E-state index in [1.807, 2.05) is 103 Å². The number of rotatable bonds is 12. The summed E-state index contributed by atoms with van der Waals surface area (Å²) in [6.07, 6.45) is 1.81. The van der Waals surface area contributed by atoms with Gasteiger partial charge in [0.25, 0.3) is 5.91 Å². The molecule has 0 aliphatic carbocycles. The van der Waals surface area contributed by atoms with Crippen LogP contribution < -0.4 is 20.7 Å². The first-order chi connectivity index (χ1) is 22.4. The van der Waals surface area contributed by atoms with Crippen molar-refractivity contribution in [1.29, 1.82) is 0 Å². The standard InChI is InChI=1S/C38H42N4O4/c1-27-18-19-32(34(21-27)46-26-28-11-5-3-6-12-28)23-40-24-35(43)42-20-10-17-33(25-42)30-15-9-16-31(22-30)37(44)41-36(38(45)39-2)29-13-7-4-8-14-29/h3-9,11-16,18-19,21-22,33,36,40H,10,17,20,23-26H2,1-2H3,(H,39,45)(H,41,44)/t33?,36-/m0/s1. The van der Waals surface area contributed by atoms with E-state index in [0.29, 0.717) is 37.4 Å². The second-order valence-corrected chi connectivity index (χ2v) is 11.7. The Morgan fingerprint density at radius 2 is 1.67 bits per heavy atom. The van der Waals surface area contributed by atoms with Crippen molar-refractivity contribution >= 4 is 17.7 Å². The van der Waals surface area contributed by atoms with Gasteiger partial charge in [-0.05, 0) is 60.2 Å². The van der Waals surface area contributed by atoms with E-state index in [-0.39, 0.29) is 30.2 Å². The van der Waals surface area contributed by atoms with E-state index in [2.05, 4.69) is 22.0 Å². The van der Waals surface area contributed by atoms with E-state index in [0.717, 1.165) is 40.8 Å². The Morgan fingerprint density at radius 1 is 0.913 bits per heavy atom. The molecule has 1 aliphatic heterocycles. The summed E-state index contributed by atoms with van der Waals surface area (Å²) in [4.78, 5) is 41.0. The van der Waals surface area contributed by atoms with E-state index in [9.17, 15) is 14.4 Å². The van der Waals surface area contributed by atoms with Gasteiger partial charge in [0.2, 0.25) is 11.8 Å². The molecule has 0 aromatic heterocycles. The number of carbonyl (C=O) groups is 3. The van der Waals surface area contributed by atoms with Gasteiger partial charge < -0.3 is 25.6 Å². The highest BCUT2D eigenvalue weighted by atomic mass is 16.5. The predicted molar refractivity (Wildman–Crippen MR) is 179 cm³/mol. The first-order valence-electron chi connectivity index (χ1n) is 15.8. The summed E-state index contributed by atoms with van der Waals surface area (Å²) in [7, 11) is 1.55. The van der Waals surface area contributed by atoms with E-state index in [1.165, 1.54) is 0 Å². The highest BCUT2D eigenvalue weighted by Crippen LogP contribution is 2.28. The molecule has 1 saturated heterocycles. The molecule has 0 spiro atoms.